The molecule has 1 aromatic rings. The van der Waals surface area contributed by atoms with E-state index in [1.165, 1.54) is 24.0 Å². The van der Waals surface area contributed by atoms with E-state index >= 15 is 0 Å². The largest absolute Gasteiger partial charge is 0.398 e. The highest BCUT2D eigenvalue weighted by molar-refractivity contribution is 5.52. The van der Waals surface area contributed by atoms with E-state index in [1.54, 1.807) is 0 Å². The molecule has 0 radical (unpaired) electrons. The Kier molecular flexibility index (Phi) is 2.06. The van der Waals surface area contributed by atoms with Crippen LogP contribution in [0.4, 0.5) is 5.69 Å². The van der Waals surface area contributed by atoms with Crippen LogP contribution in [0.25, 0.3) is 0 Å². The topological polar surface area (TPSA) is 26.0 Å². The molecule has 2 N–H and O–H groups in total. The molecule has 0 bridgehead atoms. The van der Waals surface area contributed by atoms with Gasteiger partial charge in [0.25, 0.3) is 0 Å². The molecule has 1 saturated carbocycles. The smallest absolute Gasteiger partial charge is 0.0352 e. The van der Waals surface area contributed by atoms with Gasteiger partial charge in [-0.1, -0.05) is 32.9 Å². The first kappa shape index (κ1) is 9.57. The molecule has 1 nitrogen and oxygen atoms in total. The molecule has 0 aromatic heterocycles. The Bertz CT molecular complexity index is 343. The minimum atomic E-state index is 0.162. The average molecular weight is 189 g/mol. The van der Waals surface area contributed by atoms with Gasteiger partial charge in [-0.2, -0.15) is 0 Å². The predicted octanol–water partition coefficient (Wildman–Crippen LogP) is 3.44. The number of benzene rings is 1. The summed E-state index contributed by atoms with van der Waals surface area (Å²) in [4.78, 5) is 0. The monoisotopic (exact) mass is 189 g/mol. The van der Waals surface area contributed by atoms with E-state index in [1.807, 2.05) is 0 Å². The van der Waals surface area contributed by atoms with Gasteiger partial charge in [0.1, 0.15) is 0 Å². The van der Waals surface area contributed by atoms with Crippen LogP contribution in [0.15, 0.2) is 18.2 Å². The molecule has 0 atom stereocenters. The predicted molar refractivity (Wildman–Crippen MR) is 61.5 cm³/mol. The number of nitrogens with two attached hydrogens (primary N) is 1. The Morgan fingerprint density at radius 1 is 1.21 bits per heavy atom. The van der Waals surface area contributed by atoms with Crippen LogP contribution in [-0.2, 0) is 5.41 Å². The first-order chi connectivity index (χ1) is 6.48. The number of hydrogen-bond donors (Lipinski definition) is 1. The zero-order chi connectivity index (χ0) is 10.3. The average Bonchev–Trinajstić information content (AvgIpc) is 2.85. The molecule has 1 heteroatoms. The minimum absolute atomic E-state index is 0.162. The molecule has 0 spiro atoms. The third-order valence-electron chi connectivity index (χ3n) is 2.93. The van der Waals surface area contributed by atoms with Crippen LogP contribution in [-0.4, -0.2) is 0 Å². The molecule has 0 saturated heterocycles. The SMILES string of the molecule is CC(C)(C)c1cc(C2CC2)ccc1N. The van der Waals surface area contributed by atoms with Crippen molar-refractivity contribution in [3.63, 3.8) is 0 Å². The summed E-state index contributed by atoms with van der Waals surface area (Å²) in [5.41, 5.74) is 9.86. The van der Waals surface area contributed by atoms with E-state index in [-0.39, 0.29) is 5.41 Å². The highest BCUT2D eigenvalue weighted by Crippen LogP contribution is 2.42. The van der Waals surface area contributed by atoms with E-state index in [9.17, 15) is 0 Å². The van der Waals surface area contributed by atoms with Crippen LogP contribution < -0.4 is 5.73 Å². The standard InChI is InChI=1S/C13H19N/c1-13(2,3)11-8-10(9-4-5-9)6-7-12(11)14/h6-9H,4-5,14H2,1-3H3. The number of hydrogen-bond acceptors (Lipinski definition) is 1. The van der Waals surface area contributed by atoms with Crippen LogP contribution >= 0.6 is 0 Å². The summed E-state index contributed by atoms with van der Waals surface area (Å²) in [6, 6.07) is 6.55. The van der Waals surface area contributed by atoms with Crippen molar-refractivity contribution in [1.29, 1.82) is 0 Å². The zero-order valence-corrected chi connectivity index (χ0v) is 9.30. The Hall–Kier alpha value is -0.980. The van der Waals surface area contributed by atoms with E-state index in [0.717, 1.165) is 11.6 Å². The number of nitrogen functional groups attached to an aromatic ring is 1. The van der Waals surface area contributed by atoms with Gasteiger partial charge in [-0.3, -0.25) is 0 Å². The van der Waals surface area contributed by atoms with Crippen LogP contribution in [0.1, 0.15) is 50.7 Å². The van der Waals surface area contributed by atoms with Gasteiger partial charge in [-0.15, -0.1) is 0 Å². The Morgan fingerprint density at radius 3 is 2.36 bits per heavy atom. The van der Waals surface area contributed by atoms with Crippen molar-refractivity contribution in [1.82, 2.24) is 0 Å². The molecule has 1 aliphatic rings. The lowest BCUT2D eigenvalue weighted by atomic mass is 9.84. The third-order valence-corrected chi connectivity index (χ3v) is 2.93. The molecule has 1 fully saturated rings. The lowest BCUT2D eigenvalue weighted by Gasteiger charge is -2.22. The molecule has 0 aliphatic heterocycles. The van der Waals surface area contributed by atoms with Crippen molar-refractivity contribution in [3.8, 4) is 0 Å². The molecular weight excluding hydrogens is 170 g/mol. The first-order valence-electron chi connectivity index (χ1n) is 5.38. The van der Waals surface area contributed by atoms with Crippen molar-refractivity contribution >= 4 is 5.69 Å². The first-order valence-corrected chi connectivity index (χ1v) is 5.38. The highest BCUT2D eigenvalue weighted by Gasteiger charge is 2.25. The van der Waals surface area contributed by atoms with Crippen molar-refractivity contribution in [3.05, 3.63) is 29.3 Å². The van der Waals surface area contributed by atoms with Gasteiger partial charge in [0.2, 0.25) is 0 Å². The maximum absolute atomic E-state index is 6.00. The van der Waals surface area contributed by atoms with Crippen molar-refractivity contribution < 1.29 is 0 Å². The van der Waals surface area contributed by atoms with Gasteiger partial charge in [0.05, 0.1) is 0 Å². The Morgan fingerprint density at radius 2 is 1.86 bits per heavy atom. The Balaban J connectivity index is 2.41. The summed E-state index contributed by atoms with van der Waals surface area (Å²) >= 11 is 0. The molecule has 0 heterocycles. The summed E-state index contributed by atoms with van der Waals surface area (Å²) in [5, 5.41) is 0. The lowest BCUT2D eigenvalue weighted by molar-refractivity contribution is 0.591. The molecule has 0 amide bonds. The van der Waals surface area contributed by atoms with Gasteiger partial charge >= 0.3 is 0 Å². The molecule has 14 heavy (non-hydrogen) atoms. The lowest BCUT2D eigenvalue weighted by Crippen LogP contribution is -2.14. The summed E-state index contributed by atoms with van der Waals surface area (Å²) < 4.78 is 0. The molecule has 1 aliphatic carbocycles. The maximum atomic E-state index is 6.00. The van der Waals surface area contributed by atoms with Crippen LogP contribution in [0.5, 0.6) is 0 Å². The molecular formula is C13H19N. The second-order valence-electron chi connectivity index (χ2n) is 5.37. The highest BCUT2D eigenvalue weighted by atomic mass is 14.6. The van der Waals surface area contributed by atoms with Gasteiger partial charge in [-0.25, -0.2) is 0 Å². The Labute approximate surface area is 86.3 Å². The fourth-order valence-corrected chi connectivity index (χ4v) is 1.89. The van der Waals surface area contributed by atoms with Gasteiger partial charge < -0.3 is 5.73 Å². The van der Waals surface area contributed by atoms with E-state index in [4.69, 9.17) is 5.73 Å². The van der Waals surface area contributed by atoms with Crippen LogP contribution in [0.3, 0.4) is 0 Å². The van der Waals surface area contributed by atoms with Gasteiger partial charge in [0.15, 0.2) is 0 Å². The fourth-order valence-electron chi connectivity index (χ4n) is 1.89. The molecule has 1 aromatic carbocycles. The van der Waals surface area contributed by atoms with Gasteiger partial charge in [-0.05, 0) is 41.4 Å². The van der Waals surface area contributed by atoms with Crippen molar-refractivity contribution in [2.75, 3.05) is 5.73 Å². The summed E-state index contributed by atoms with van der Waals surface area (Å²) in [5.74, 6) is 0.816. The quantitative estimate of drug-likeness (QED) is 0.673. The van der Waals surface area contributed by atoms with E-state index < -0.39 is 0 Å². The number of rotatable bonds is 1. The second kappa shape index (κ2) is 3.01. The van der Waals surface area contributed by atoms with Crippen LogP contribution in [0, 0.1) is 0 Å². The summed E-state index contributed by atoms with van der Waals surface area (Å²) in [6.45, 7) is 6.65. The van der Waals surface area contributed by atoms with Crippen molar-refractivity contribution in [2.45, 2.75) is 44.9 Å². The molecule has 76 valence electrons. The number of anilines is 1. The van der Waals surface area contributed by atoms with Crippen molar-refractivity contribution in [2.24, 2.45) is 0 Å². The zero-order valence-electron chi connectivity index (χ0n) is 9.30. The molecule has 2 rings (SSSR count). The minimum Gasteiger partial charge on any atom is -0.398 e. The normalized spacial score (nSPS) is 17.1. The summed E-state index contributed by atoms with van der Waals surface area (Å²) in [6.07, 6.45) is 2.71. The van der Waals surface area contributed by atoms with E-state index in [2.05, 4.69) is 39.0 Å². The van der Waals surface area contributed by atoms with E-state index in [0.29, 0.717) is 0 Å². The second-order valence-corrected chi connectivity index (χ2v) is 5.37. The summed E-state index contributed by atoms with van der Waals surface area (Å²) in [7, 11) is 0. The van der Waals surface area contributed by atoms with Gasteiger partial charge in [0, 0.05) is 5.69 Å². The molecule has 0 unspecified atom stereocenters. The fraction of sp³-hybridized carbons (Fsp3) is 0.538. The third kappa shape index (κ3) is 1.77. The maximum Gasteiger partial charge on any atom is 0.0352 e. The van der Waals surface area contributed by atoms with Crippen LogP contribution in [0.2, 0.25) is 0 Å².